The predicted molar refractivity (Wildman–Crippen MR) is 166 cm³/mol. The maximum absolute atomic E-state index is 13.3. The molecule has 0 fully saturated rings. The van der Waals surface area contributed by atoms with Crippen LogP contribution in [0.25, 0.3) is 10.9 Å². The van der Waals surface area contributed by atoms with Gasteiger partial charge >= 0.3 is 6.18 Å². The number of aryl methyl sites for hydroxylation is 1. The molecule has 4 aromatic rings. The number of nitriles is 1. The normalized spacial score (nSPS) is 14.2. The number of aromatic nitrogens is 2. The first-order valence-corrected chi connectivity index (χ1v) is 14.2. The van der Waals surface area contributed by atoms with Crippen molar-refractivity contribution in [2.75, 3.05) is 26.1 Å². The third-order valence-corrected chi connectivity index (χ3v) is 7.69. The molecular weight excluding hydrogens is 563 g/mol. The van der Waals surface area contributed by atoms with Gasteiger partial charge in [0.2, 0.25) is 0 Å². The molecule has 5 rings (SSSR count). The number of likely N-dealkylation sites (N-methyl/N-ethyl adjacent to an activating group) is 1. The zero-order valence-corrected chi connectivity index (χ0v) is 24.7. The molecule has 1 atom stereocenters. The molecule has 1 aliphatic rings. The Morgan fingerprint density at radius 1 is 1.09 bits per heavy atom. The van der Waals surface area contributed by atoms with E-state index in [1.807, 2.05) is 74.6 Å². The van der Waals surface area contributed by atoms with Crippen molar-refractivity contribution in [2.24, 2.45) is 0 Å². The van der Waals surface area contributed by atoms with E-state index in [2.05, 4.69) is 21.3 Å². The van der Waals surface area contributed by atoms with Crippen molar-refractivity contribution >= 4 is 22.8 Å². The van der Waals surface area contributed by atoms with E-state index in [-0.39, 0.29) is 0 Å². The van der Waals surface area contributed by atoms with E-state index in [9.17, 15) is 18.4 Å². The second-order valence-electron chi connectivity index (χ2n) is 10.8. The first-order valence-electron chi connectivity index (χ1n) is 14.2. The molecule has 44 heavy (non-hydrogen) atoms. The van der Waals surface area contributed by atoms with Crippen LogP contribution in [0, 0.1) is 16.7 Å². The van der Waals surface area contributed by atoms with Crippen LogP contribution in [-0.2, 0) is 19.0 Å². The number of hydrogen-bond acceptors (Lipinski definition) is 7. The lowest BCUT2D eigenvalue weighted by Gasteiger charge is -2.26. The molecule has 0 spiro atoms. The summed E-state index contributed by atoms with van der Waals surface area (Å²) in [5, 5.41) is 21.4. The Labute approximate surface area is 254 Å². The molecule has 7 nitrogen and oxygen atoms in total. The maximum Gasteiger partial charge on any atom is 0.433 e. The minimum atomic E-state index is -4.53. The van der Waals surface area contributed by atoms with Crippen molar-refractivity contribution in [3.05, 3.63) is 124 Å². The number of allylic oxidation sites excluding steroid dienone is 2. The number of rotatable bonds is 9. The summed E-state index contributed by atoms with van der Waals surface area (Å²) in [4.78, 5) is 12.8. The van der Waals surface area contributed by atoms with Crippen LogP contribution in [-0.4, -0.2) is 46.7 Å². The Hall–Kier alpha value is -5.17. The van der Waals surface area contributed by atoms with E-state index < -0.39 is 17.8 Å². The Kier molecular flexibility index (Phi) is 8.67. The summed E-state index contributed by atoms with van der Waals surface area (Å²) in [6, 6.07) is 18.6. The minimum absolute atomic E-state index is 0.410. The smallest absolute Gasteiger partial charge is 0.362 e. The third-order valence-electron chi connectivity index (χ3n) is 7.69. The van der Waals surface area contributed by atoms with Crippen molar-refractivity contribution in [1.82, 2.24) is 19.8 Å². The average Bonchev–Trinajstić information content (AvgIpc) is 3.34. The third kappa shape index (κ3) is 6.27. The molecular formula is C34H32F3N7. The number of anilines is 1. The van der Waals surface area contributed by atoms with Crippen molar-refractivity contribution < 1.29 is 13.2 Å². The molecule has 0 aliphatic carbocycles. The molecule has 0 radical (unpaired) electrons. The molecule has 3 heterocycles. The zero-order chi connectivity index (χ0) is 31.4. The second kappa shape index (κ2) is 12.6. The van der Waals surface area contributed by atoms with Crippen molar-refractivity contribution in [3.63, 3.8) is 0 Å². The summed E-state index contributed by atoms with van der Waals surface area (Å²) < 4.78 is 39.9. The molecule has 1 aliphatic heterocycles. The fraction of sp³-hybridized carbons (Fsp3) is 0.235. The van der Waals surface area contributed by atoms with Gasteiger partial charge < -0.3 is 20.5 Å². The summed E-state index contributed by atoms with van der Waals surface area (Å²) in [5.41, 5.74) is 6.25. The highest BCUT2D eigenvalue weighted by atomic mass is 19.4. The van der Waals surface area contributed by atoms with Crippen molar-refractivity contribution in [1.29, 1.82) is 10.7 Å². The average molecular weight is 596 g/mol. The van der Waals surface area contributed by atoms with Crippen LogP contribution < -0.4 is 5.32 Å². The van der Waals surface area contributed by atoms with Crippen LogP contribution in [0.2, 0.25) is 0 Å². The monoisotopic (exact) mass is 595 g/mol. The summed E-state index contributed by atoms with van der Waals surface area (Å²) in [6.07, 6.45) is 4.38. The van der Waals surface area contributed by atoms with Gasteiger partial charge in [0.15, 0.2) is 0 Å². The zero-order valence-electron chi connectivity index (χ0n) is 24.7. The highest BCUT2D eigenvalue weighted by Gasteiger charge is 2.33. The molecule has 2 N–H and O–H groups in total. The van der Waals surface area contributed by atoms with Gasteiger partial charge in [0.05, 0.1) is 23.7 Å². The lowest BCUT2D eigenvalue weighted by atomic mass is 9.86. The number of hydrogen-bond donors (Lipinski definition) is 2. The first kappa shape index (κ1) is 30.3. The number of benzene rings is 2. The second-order valence-corrected chi connectivity index (χ2v) is 10.8. The lowest BCUT2D eigenvalue weighted by Crippen LogP contribution is -2.23. The molecule has 10 heteroatoms. The maximum atomic E-state index is 13.3. The molecule has 2 aromatic heterocycles. The van der Waals surface area contributed by atoms with E-state index >= 15 is 0 Å². The van der Waals surface area contributed by atoms with E-state index in [0.29, 0.717) is 41.5 Å². The van der Waals surface area contributed by atoms with Crippen LogP contribution in [0.15, 0.2) is 85.0 Å². The number of fused-ring (bicyclic) bond motifs is 1. The number of pyridine rings is 2. The van der Waals surface area contributed by atoms with Gasteiger partial charge in [-0.15, -0.1) is 0 Å². The fourth-order valence-corrected chi connectivity index (χ4v) is 5.63. The summed E-state index contributed by atoms with van der Waals surface area (Å²) in [6.45, 7) is 2.65. The first-order chi connectivity index (χ1) is 21.1. The van der Waals surface area contributed by atoms with Crippen LogP contribution >= 0.6 is 0 Å². The summed E-state index contributed by atoms with van der Waals surface area (Å²) >= 11 is 0. The summed E-state index contributed by atoms with van der Waals surface area (Å²) in [7, 11) is 3.89. The predicted octanol–water partition coefficient (Wildman–Crippen LogP) is 7.06. The number of alkyl halides is 3. The van der Waals surface area contributed by atoms with Crippen LogP contribution in [0.5, 0.6) is 0 Å². The van der Waals surface area contributed by atoms with Gasteiger partial charge in [-0.25, -0.2) is 0 Å². The molecule has 0 amide bonds. The molecule has 224 valence electrons. The number of nitrogens with zero attached hydrogens (tertiary/aromatic N) is 5. The molecule has 2 aromatic carbocycles. The quantitative estimate of drug-likeness (QED) is 0.201. The van der Waals surface area contributed by atoms with E-state index in [1.165, 1.54) is 18.5 Å². The topological polar surface area (TPSA) is 91.9 Å². The Bertz CT molecular complexity index is 1770. The largest absolute Gasteiger partial charge is 0.433 e. The standard InChI is InChI=1S/C34H32F3N7/c1-4-29-26(16-22-6-10-25(11-7-22)40-15-5-14-38)28(18-39)27-17-23(8-12-30(27)42-29)33(31-20-43(2)21-44(31)3)24-9-13-32(41-19-24)34(35,36)37/h5-15,17,19-20,33,38,40H,4,16,21H2,1-3H3/b15-5-,38-14?. The molecule has 0 bridgehead atoms. The highest BCUT2D eigenvalue weighted by molar-refractivity contribution is 5.87. The fourth-order valence-electron chi connectivity index (χ4n) is 5.63. The van der Waals surface area contributed by atoms with Gasteiger partial charge in [-0.05, 0) is 65.1 Å². The van der Waals surface area contributed by atoms with Gasteiger partial charge in [0.25, 0.3) is 0 Å². The van der Waals surface area contributed by atoms with Crippen LogP contribution in [0.3, 0.4) is 0 Å². The van der Waals surface area contributed by atoms with Gasteiger partial charge in [-0.1, -0.05) is 31.2 Å². The number of halogens is 3. The molecule has 0 saturated carbocycles. The van der Waals surface area contributed by atoms with Crippen LogP contribution in [0.4, 0.5) is 18.9 Å². The van der Waals surface area contributed by atoms with Crippen molar-refractivity contribution in [2.45, 2.75) is 31.9 Å². The van der Waals surface area contributed by atoms with Crippen molar-refractivity contribution in [3.8, 4) is 6.07 Å². The number of nitrogens with one attached hydrogen (secondary N) is 2. The van der Waals surface area contributed by atoms with Gasteiger partial charge in [-0.3, -0.25) is 9.97 Å². The van der Waals surface area contributed by atoms with E-state index in [4.69, 9.17) is 10.4 Å². The SMILES string of the molecule is CCc1nc2ccc(C(C3=CN(C)CN3C)c3ccc(C(F)(F)F)nc3)cc2c(C#N)c1Cc1ccc(N/C=C\C=N)cc1. The van der Waals surface area contributed by atoms with Gasteiger partial charge in [0, 0.05) is 67.8 Å². The Morgan fingerprint density at radius 2 is 1.84 bits per heavy atom. The Balaban J connectivity index is 1.60. The van der Waals surface area contributed by atoms with E-state index in [1.54, 1.807) is 12.3 Å². The Morgan fingerprint density at radius 3 is 2.43 bits per heavy atom. The van der Waals surface area contributed by atoms with E-state index in [0.717, 1.165) is 39.8 Å². The summed E-state index contributed by atoms with van der Waals surface area (Å²) in [5.74, 6) is -0.410. The lowest BCUT2D eigenvalue weighted by molar-refractivity contribution is -0.141. The van der Waals surface area contributed by atoms with Gasteiger partial charge in [0.1, 0.15) is 11.8 Å². The van der Waals surface area contributed by atoms with Gasteiger partial charge in [-0.2, -0.15) is 18.4 Å². The minimum Gasteiger partial charge on any atom is -0.362 e. The van der Waals surface area contributed by atoms with Crippen LogP contribution in [0.1, 0.15) is 52.0 Å². The molecule has 0 saturated heterocycles. The highest BCUT2D eigenvalue weighted by Crippen LogP contribution is 2.39. The molecule has 1 unspecified atom stereocenters.